The van der Waals surface area contributed by atoms with Crippen molar-refractivity contribution in [2.75, 3.05) is 26.2 Å². The number of hydrogen-bond acceptors (Lipinski definition) is 4. The van der Waals surface area contributed by atoms with Crippen LogP contribution in [-0.4, -0.2) is 36.1 Å². The normalized spacial score (nSPS) is 14.4. The molecule has 1 aliphatic rings. The summed E-state index contributed by atoms with van der Waals surface area (Å²) in [6.45, 7) is 4.45. The van der Waals surface area contributed by atoms with Crippen LogP contribution in [0.2, 0.25) is 0 Å². The molecule has 3 nitrogen and oxygen atoms in total. The molecule has 1 aromatic heterocycles. The summed E-state index contributed by atoms with van der Waals surface area (Å²) in [6.07, 6.45) is 5.19. The molecule has 0 spiro atoms. The fraction of sp³-hybridized carbons (Fsp3) is 0.348. The van der Waals surface area contributed by atoms with E-state index in [1.165, 1.54) is 37.9 Å². The Labute approximate surface area is 177 Å². The van der Waals surface area contributed by atoms with Gasteiger partial charge in [0.15, 0.2) is 0 Å². The third kappa shape index (κ3) is 5.57. The molecule has 2 heterocycles. The average Bonchev–Trinajstić information content (AvgIpc) is 3.23. The van der Waals surface area contributed by atoms with Gasteiger partial charge in [-0.15, -0.1) is 23.7 Å². The number of nitrogens with zero attached hydrogens (tertiary/aromatic N) is 2. The lowest BCUT2D eigenvalue weighted by Gasteiger charge is -2.26. The van der Waals surface area contributed by atoms with E-state index in [9.17, 15) is 0 Å². The first kappa shape index (κ1) is 20.8. The summed E-state index contributed by atoms with van der Waals surface area (Å²) < 4.78 is 5.92. The Morgan fingerprint density at radius 1 is 0.893 bits per heavy atom. The van der Waals surface area contributed by atoms with Crippen LogP contribution in [-0.2, 0) is 0 Å². The molecule has 3 aromatic rings. The lowest BCUT2D eigenvalue weighted by atomic mass is 10.1. The van der Waals surface area contributed by atoms with E-state index in [0.717, 1.165) is 41.6 Å². The van der Waals surface area contributed by atoms with Gasteiger partial charge in [0, 0.05) is 23.1 Å². The van der Waals surface area contributed by atoms with Crippen LogP contribution in [0.5, 0.6) is 5.75 Å². The summed E-state index contributed by atoms with van der Waals surface area (Å²) in [5, 5.41) is 3.18. The van der Waals surface area contributed by atoms with Crippen molar-refractivity contribution < 1.29 is 4.74 Å². The molecular formula is C23H27ClN2OS. The van der Waals surface area contributed by atoms with Crippen molar-refractivity contribution in [3.8, 4) is 27.6 Å². The fourth-order valence-corrected chi connectivity index (χ4v) is 4.34. The molecule has 1 fully saturated rings. The molecule has 0 bridgehead atoms. The predicted octanol–water partition coefficient (Wildman–Crippen LogP) is 6.15. The van der Waals surface area contributed by atoms with Crippen LogP contribution < -0.4 is 4.74 Å². The minimum absolute atomic E-state index is 0. The number of ether oxygens (including phenoxy) is 1. The van der Waals surface area contributed by atoms with Crippen LogP contribution in [0.25, 0.3) is 21.8 Å². The third-order valence-electron chi connectivity index (χ3n) is 5.01. The Kier molecular flexibility index (Phi) is 7.90. The minimum atomic E-state index is 0. The van der Waals surface area contributed by atoms with E-state index < -0.39 is 0 Å². The van der Waals surface area contributed by atoms with Crippen molar-refractivity contribution in [2.45, 2.75) is 25.7 Å². The zero-order valence-electron chi connectivity index (χ0n) is 16.0. The second-order valence-corrected chi connectivity index (χ2v) is 7.89. The van der Waals surface area contributed by atoms with E-state index in [4.69, 9.17) is 9.72 Å². The number of aromatic nitrogens is 1. The maximum atomic E-state index is 5.92. The van der Waals surface area contributed by atoms with Gasteiger partial charge in [-0.05, 0) is 56.6 Å². The highest BCUT2D eigenvalue weighted by atomic mass is 35.5. The molecule has 148 valence electrons. The molecule has 0 aliphatic carbocycles. The van der Waals surface area contributed by atoms with Crippen molar-refractivity contribution in [1.29, 1.82) is 0 Å². The van der Waals surface area contributed by atoms with E-state index in [1.54, 1.807) is 11.3 Å². The molecule has 0 N–H and O–H groups in total. The van der Waals surface area contributed by atoms with Crippen LogP contribution >= 0.6 is 23.7 Å². The molecule has 0 atom stereocenters. The minimum Gasteiger partial charge on any atom is -0.494 e. The number of likely N-dealkylation sites (tertiary alicyclic amines) is 1. The van der Waals surface area contributed by atoms with Crippen molar-refractivity contribution in [3.05, 3.63) is 60.0 Å². The van der Waals surface area contributed by atoms with E-state index in [1.807, 2.05) is 18.2 Å². The molecule has 2 aromatic carbocycles. The van der Waals surface area contributed by atoms with Crippen molar-refractivity contribution in [2.24, 2.45) is 0 Å². The number of rotatable bonds is 7. The predicted molar refractivity (Wildman–Crippen MR) is 121 cm³/mol. The first-order chi connectivity index (χ1) is 13.4. The Morgan fingerprint density at radius 3 is 2.39 bits per heavy atom. The maximum absolute atomic E-state index is 5.92. The molecule has 4 rings (SSSR count). The third-order valence-corrected chi connectivity index (χ3v) is 5.90. The number of benzene rings is 2. The Morgan fingerprint density at radius 2 is 1.64 bits per heavy atom. The van der Waals surface area contributed by atoms with Crippen molar-refractivity contribution in [3.63, 3.8) is 0 Å². The quantitative estimate of drug-likeness (QED) is 0.433. The van der Waals surface area contributed by atoms with Gasteiger partial charge in [0.1, 0.15) is 10.8 Å². The Bertz CT molecular complexity index is 829. The summed E-state index contributed by atoms with van der Waals surface area (Å²) in [5.74, 6) is 0.941. The van der Waals surface area contributed by atoms with Gasteiger partial charge in [-0.25, -0.2) is 4.98 Å². The SMILES string of the molecule is Cl.c1ccc(-c2nc(-c3ccc(OCCCN4CCCCC4)cc3)cs2)cc1. The van der Waals surface area contributed by atoms with Gasteiger partial charge in [0.05, 0.1) is 12.3 Å². The van der Waals surface area contributed by atoms with Gasteiger partial charge in [-0.3, -0.25) is 0 Å². The number of thiazole rings is 1. The zero-order valence-corrected chi connectivity index (χ0v) is 17.7. The van der Waals surface area contributed by atoms with Gasteiger partial charge in [-0.2, -0.15) is 0 Å². The number of hydrogen-bond donors (Lipinski definition) is 0. The Balaban J connectivity index is 0.00000225. The summed E-state index contributed by atoms with van der Waals surface area (Å²) in [7, 11) is 0. The first-order valence-electron chi connectivity index (χ1n) is 9.85. The number of halogens is 1. The van der Waals surface area contributed by atoms with E-state index in [-0.39, 0.29) is 12.4 Å². The van der Waals surface area contributed by atoms with Gasteiger partial charge in [0.2, 0.25) is 0 Å². The smallest absolute Gasteiger partial charge is 0.124 e. The van der Waals surface area contributed by atoms with Crippen molar-refractivity contribution in [1.82, 2.24) is 9.88 Å². The molecule has 5 heteroatoms. The molecule has 0 radical (unpaired) electrons. The summed E-state index contributed by atoms with van der Waals surface area (Å²) in [6, 6.07) is 18.6. The summed E-state index contributed by atoms with van der Waals surface area (Å²) >= 11 is 1.69. The zero-order chi connectivity index (χ0) is 18.3. The van der Waals surface area contributed by atoms with Crippen LogP contribution in [0, 0.1) is 0 Å². The average molecular weight is 415 g/mol. The Hall–Kier alpha value is -1.88. The second kappa shape index (κ2) is 10.6. The van der Waals surface area contributed by atoms with Crippen molar-refractivity contribution >= 4 is 23.7 Å². The molecular weight excluding hydrogens is 388 g/mol. The maximum Gasteiger partial charge on any atom is 0.124 e. The lowest BCUT2D eigenvalue weighted by molar-refractivity contribution is 0.205. The summed E-state index contributed by atoms with van der Waals surface area (Å²) in [4.78, 5) is 7.34. The standard InChI is InChI=1S/C23H26N2OS.ClH/c1-3-8-20(9-4-1)23-24-22(18-27-23)19-10-12-21(13-11-19)26-17-7-16-25-14-5-2-6-15-25;/h1,3-4,8-13,18H,2,5-7,14-17H2;1H. The van der Waals surface area contributed by atoms with Gasteiger partial charge in [0.25, 0.3) is 0 Å². The van der Waals surface area contributed by atoms with E-state index in [2.05, 4.69) is 46.7 Å². The van der Waals surface area contributed by atoms with Gasteiger partial charge >= 0.3 is 0 Å². The monoisotopic (exact) mass is 414 g/mol. The first-order valence-corrected chi connectivity index (χ1v) is 10.7. The second-order valence-electron chi connectivity index (χ2n) is 7.03. The number of piperidine rings is 1. The summed E-state index contributed by atoms with van der Waals surface area (Å²) in [5.41, 5.74) is 3.33. The molecule has 0 amide bonds. The molecule has 1 aliphatic heterocycles. The fourth-order valence-electron chi connectivity index (χ4n) is 3.50. The lowest BCUT2D eigenvalue weighted by Crippen LogP contribution is -2.31. The largest absolute Gasteiger partial charge is 0.494 e. The van der Waals surface area contributed by atoms with Crippen LogP contribution in [0.4, 0.5) is 0 Å². The topological polar surface area (TPSA) is 25.4 Å². The van der Waals surface area contributed by atoms with Crippen LogP contribution in [0.1, 0.15) is 25.7 Å². The van der Waals surface area contributed by atoms with Gasteiger partial charge < -0.3 is 9.64 Å². The highest BCUT2D eigenvalue weighted by Crippen LogP contribution is 2.29. The highest BCUT2D eigenvalue weighted by molar-refractivity contribution is 7.13. The highest BCUT2D eigenvalue weighted by Gasteiger charge is 2.09. The van der Waals surface area contributed by atoms with Gasteiger partial charge in [-0.1, -0.05) is 36.8 Å². The molecule has 0 unspecified atom stereocenters. The van der Waals surface area contributed by atoms with Crippen LogP contribution in [0.3, 0.4) is 0 Å². The molecule has 0 saturated carbocycles. The van der Waals surface area contributed by atoms with E-state index in [0.29, 0.717) is 0 Å². The van der Waals surface area contributed by atoms with E-state index >= 15 is 0 Å². The molecule has 28 heavy (non-hydrogen) atoms. The molecule has 1 saturated heterocycles. The van der Waals surface area contributed by atoms with Crippen LogP contribution in [0.15, 0.2) is 60.0 Å².